The fourth-order valence-electron chi connectivity index (χ4n) is 2.12. The first kappa shape index (κ1) is 15.1. The highest BCUT2D eigenvalue weighted by atomic mass is 19.2. The van der Waals surface area contributed by atoms with E-state index in [0.717, 1.165) is 23.3 Å². The number of nitrogens with one attached hydrogen (secondary N) is 1. The van der Waals surface area contributed by atoms with Crippen molar-refractivity contribution in [2.45, 2.75) is 19.9 Å². The van der Waals surface area contributed by atoms with Gasteiger partial charge in [0.05, 0.1) is 0 Å². The summed E-state index contributed by atoms with van der Waals surface area (Å²) in [5, 5.41) is 11.0. The van der Waals surface area contributed by atoms with Crippen molar-refractivity contribution in [3.05, 3.63) is 65.6 Å². The summed E-state index contributed by atoms with van der Waals surface area (Å²) in [7, 11) is 0. The van der Waals surface area contributed by atoms with Crippen molar-refractivity contribution in [2.24, 2.45) is 0 Å². The third-order valence-corrected chi connectivity index (χ3v) is 3.41. The minimum Gasteiger partial charge on any atom is -0.418 e. The Bertz CT molecular complexity index is 815. The lowest BCUT2D eigenvalue weighted by molar-refractivity contribution is 0.484. The summed E-state index contributed by atoms with van der Waals surface area (Å²) < 4.78 is 31.8. The van der Waals surface area contributed by atoms with Gasteiger partial charge in [-0.25, -0.2) is 8.78 Å². The molecule has 3 aromatic rings. The van der Waals surface area contributed by atoms with E-state index in [9.17, 15) is 8.78 Å². The van der Waals surface area contributed by atoms with Gasteiger partial charge in [-0.15, -0.1) is 10.2 Å². The highest BCUT2D eigenvalue weighted by molar-refractivity contribution is 5.53. The first-order valence-corrected chi connectivity index (χ1v) is 7.15. The summed E-state index contributed by atoms with van der Waals surface area (Å²) in [6.45, 7) is 3.80. The zero-order valence-electron chi connectivity index (χ0n) is 12.7. The molecule has 0 radical (unpaired) electrons. The van der Waals surface area contributed by atoms with E-state index >= 15 is 0 Å². The van der Waals surface area contributed by atoms with Crippen LogP contribution < -0.4 is 5.32 Å². The molecule has 0 aliphatic carbocycles. The Morgan fingerprint density at radius 3 is 2.43 bits per heavy atom. The van der Waals surface area contributed by atoms with Crippen LogP contribution >= 0.6 is 0 Å². The zero-order valence-corrected chi connectivity index (χ0v) is 12.7. The lowest BCUT2D eigenvalue weighted by atomic mass is 10.1. The Kier molecular flexibility index (Phi) is 4.06. The van der Waals surface area contributed by atoms with E-state index in [4.69, 9.17) is 4.42 Å². The Hall–Kier alpha value is -2.76. The molecule has 0 amide bonds. The van der Waals surface area contributed by atoms with Crippen molar-refractivity contribution in [1.82, 2.24) is 10.2 Å². The van der Waals surface area contributed by atoms with Crippen LogP contribution in [0.4, 0.5) is 14.5 Å². The molecule has 1 N–H and O–H groups in total. The summed E-state index contributed by atoms with van der Waals surface area (Å²) in [5.74, 6) is -1.01. The maximum atomic E-state index is 13.2. The number of hydrogen-bond acceptors (Lipinski definition) is 4. The number of rotatable bonds is 4. The van der Waals surface area contributed by atoms with Crippen LogP contribution in [0.15, 0.2) is 46.9 Å². The molecule has 2 aromatic carbocycles. The number of nitrogens with zero attached hydrogens (tertiary/aromatic N) is 2. The minimum absolute atomic E-state index is 0.341. The highest BCUT2D eigenvalue weighted by Gasteiger charge is 2.15. The molecule has 3 rings (SSSR count). The van der Waals surface area contributed by atoms with E-state index in [-0.39, 0.29) is 6.04 Å². The molecule has 0 fully saturated rings. The van der Waals surface area contributed by atoms with Gasteiger partial charge in [0.15, 0.2) is 11.6 Å². The van der Waals surface area contributed by atoms with Gasteiger partial charge in [-0.05, 0) is 38.1 Å². The van der Waals surface area contributed by atoms with Gasteiger partial charge in [0.1, 0.15) is 6.04 Å². The Morgan fingerprint density at radius 2 is 1.74 bits per heavy atom. The molecule has 0 bridgehead atoms. The van der Waals surface area contributed by atoms with E-state index in [1.54, 1.807) is 6.92 Å². The van der Waals surface area contributed by atoms with Gasteiger partial charge in [-0.1, -0.05) is 17.7 Å². The second-order valence-electron chi connectivity index (χ2n) is 5.31. The number of halogens is 2. The predicted octanol–water partition coefficient (Wildman–Crippen LogP) is 4.50. The molecule has 1 heterocycles. The van der Waals surface area contributed by atoms with Crippen molar-refractivity contribution >= 4 is 5.69 Å². The predicted molar refractivity (Wildman–Crippen MR) is 82.9 cm³/mol. The first-order chi connectivity index (χ1) is 11.0. The summed E-state index contributed by atoms with van der Waals surface area (Å²) >= 11 is 0. The second kappa shape index (κ2) is 6.16. The Labute approximate surface area is 132 Å². The van der Waals surface area contributed by atoms with Gasteiger partial charge in [-0.2, -0.15) is 0 Å². The lowest BCUT2D eigenvalue weighted by Crippen LogP contribution is -2.07. The van der Waals surface area contributed by atoms with Gasteiger partial charge >= 0.3 is 0 Å². The SMILES string of the molecule is Cc1ccc(-c2nnc(C(C)Nc3ccc(F)c(F)c3)o2)cc1. The monoisotopic (exact) mass is 315 g/mol. The average molecular weight is 315 g/mol. The van der Waals surface area contributed by atoms with Crippen LogP contribution in [0, 0.1) is 18.6 Å². The lowest BCUT2D eigenvalue weighted by Gasteiger charge is -2.11. The number of aromatic nitrogens is 2. The molecule has 1 aromatic heterocycles. The smallest absolute Gasteiger partial charge is 0.247 e. The number of aryl methyl sites for hydroxylation is 1. The van der Waals surface area contributed by atoms with Gasteiger partial charge in [-0.3, -0.25) is 0 Å². The summed E-state index contributed by atoms with van der Waals surface area (Å²) in [5.41, 5.74) is 2.41. The van der Waals surface area contributed by atoms with Crippen molar-refractivity contribution < 1.29 is 13.2 Å². The fraction of sp³-hybridized carbons (Fsp3) is 0.176. The average Bonchev–Trinajstić information content (AvgIpc) is 3.02. The summed E-state index contributed by atoms with van der Waals surface area (Å²) in [6.07, 6.45) is 0. The van der Waals surface area contributed by atoms with E-state index in [1.165, 1.54) is 6.07 Å². The van der Waals surface area contributed by atoms with Gasteiger partial charge in [0, 0.05) is 17.3 Å². The van der Waals surface area contributed by atoms with Crippen LogP contribution in [0.5, 0.6) is 0 Å². The van der Waals surface area contributed by atoms with E-state index < -0.39 is 11.6 Å². The molecule has 23 heavy (non-hydrogen) atoms. The largest absolute Gasteiger partial charge is 0.418 e. The van der Waals surface area contributed by atoms with Crippen LogP contribution in [0.2, 0.25) is 0 Å². The topological polar surface area (TPSA) is 51.0 Å². The normalized spacial score (nSPS) is 12.2. The highest BCUT2D eigenvalue weighted by Crippen LogP contribution is 2.24. The molecule has 1 unspecified atom stereocenters. The molecule has 0 saturated heterocycles. The number of anilines is 1. The molecular formula is C17H15F2N3O. The van der Waals surface area contributed by atoms with Crippen LogP contribution in [0.25, 0.3) is 11.5 Å². The van der Waals surface area contributed by atoms with E-state index in [1.807, 2.05) is 31.2 Å². The second-order valence-corrected chi connectivity index (χ2v) is 5.31. The quantitative estimate of drug-likeness (QED) is 0.770. The third kappa shape index (κ3) is 3.36. The van der Waals surface area contributed by atoms with Crippen LogP contribution in [0.1, 0.15) is 24.4 Å². The third-order valence-electron chi connectivity index (χ3n) is 3.41. The van der Waals surface area contributed by atoms with Gasteiger partial charge < -0.3 is 9.73 Å². The van der Waals surface area contributed by atoms with Crippen LogP contribution in [-0.4, -0.2) is 10.2 Å². The first-order valence-electron chi connectivity index (χ1n) is 7.15. The molecule has 0 aliphatic heterocycles. The molecule has 0 aliphatic rings. The van der Waals surface area contributed by atoms with Gasteiger partial charge in [0.2, 0.25) is 11.8 Å². The zero-order chi connectivity index (χ0) is 16.4. The van der Waals surface area contributed by atoms with E-state index in [0.29, 0.717) is 17.5 Å². The fourth-order valence-corrected chi connectivity index (χ4v) is 2.12. The Balaban J connectivity index is 1.76. The minimum atomic E-state index is -0.909. The molecule has 0 spiro atoms. The molecular weight excluding hydrogens is 300 g/mol. The number of benzene rings is 2. The molecule has 6 heteroatoms. The van der Waals surface area contributed by atoms with Crippen LogP contribution in [0.3, 0.4) is 0 Å². The maximum absolute atomic E-state index is 13.2. The standard InChI is InChI=1S/C17H15F2N3O/c1-10-3-5-12(6-4-10)17-22-21-16(23-17)11(2)20-13-7-8-14(18)15(19)9-13/h3-9,11,20H,1-2H3. The molecule has 4 nitrogen and oxygen atoms in total. The van der Waals surface area contributed by atoms with Crippen molar-refractivity contribution in [3.8, 4) is 11.5 Å². The molecule has 1 atom stereocenters. The van der Waals surface area contributed by atoms with Crippen molar-refractivity contribution in [1.29, 1.82) is 0 Å². The maximum Gasteiger partial charge on any atom is 0.247 e. The molecule has 118 valence electrons. The summed E-state index contributed by atoms with van der Waals surface area (Å²) in [6, 6.07) is 11.0. The van der Waals surface area contributed by atoms with Crippen LogP contribution in [-0.2, 0) is 0 Å². The number of hydrogen-bond donors (Lipinski definition) is 1. The van der Waals surface area contributed by atoms with Gasteiger partial charge in [0.25, 0.3) is 0 Å². The summed E-state index contributed by atoms with van der Waals surface area (Å²) in [4.78, 5) is 0. The Morgan fingerprint density at radius 1 is 1.00 bits per heavy atom. The van der Waals surface area contributed by atoms with Crippen molar-refractivity contribution in [2.75, 3.05) is 5.32 Å². The molecule has 0 saturated carbocycles. The van der Waals surface area contributed by atoms with Crippen molar-refractivity contribution in [3.63, 3.8) is 0 Å². The van der Waals surface area contributed by atoms with E-state index in [2.05, 4.69) is 15.5 Å².